The van der Waals surface area contributed by atoms with Gasteiger partial charge in [-0.1, -0.05) is 36.4 Å². The Bertz CT molecular complexity index is 475. The fourth-order valence-corrected chi connectivity index (χ4v) is 1.31. The average Bonchev–Trinajstić information content (AvgIpc) is 2.33. The molecule has 0 aliphatic carbocycles. The summed E-state index contributed by atoms with van der Waals surface area (Å²) in [6.45, 7) is 0. The lowest BCUT2D eigenvalue weighted by molar-refractivity contribution is 0.471. The highest BCUT2D eigenvalue weighted by atomic mass is 16.5. The lowest BCUT2D eigenvalue weighted by Gasteiger charge is -1.99. The number of hydrogen-bond donors (Lipinski definition) is 1. The Morgan fingerprint density at radius 1 is 0.875 bits per heavy atom. The van der Waals surface area contributed by atoms with Crippen LogP contribution in [0.1, 0.15) is 5.56 Å². The summed E-state index contributed by atoms with van der Waals surface area (Å²) in [5, 5.41) is 9.50. The van der Waals surface area contributed by atoms with Crippen LogP contribution in [0.2, 0.25) is 0 Å². The molecule has 0 unspecified atom stereocenters. The lowest BCUT2D eigenvalue weighted by Crippen LogP contribution is -1.81. The van der Waals surface area contributed by atoms with Crippen molar-refractivity contribution in [3.05, 3.63) is 66.4 Å². The minimum Gasteiger partial charge on any atom is -0.507 e. The van der Waals surface area contributed by atoms with Crippen LogP contribution in [0.15, 0.2) is 60.9 Å². The van der Waals surface area contributed by atoms with Crippen LogP contribution < -0.4 is 4.74 Å². The summed E-state index contributed by atoms with van der Waals surface area (Å²) in [4.78, 5) is 0. The van der Waals surface area contributed by atoms with E-state index in [0.29, 0.717) is 0 Å². The van der Waals surface area contributed by atoms with Crippen LogP contribution >= 0.6 is 0 Å². The minimum absolute atomic E-state index is 0.246. The van der Waals surface area contributed by atoms with E-state index in [2.05, 4.69) is 0 Å². The third kappa shape index (κ3) is 2.64. The van der Waals surface area contributed by atoms with Gasteiger partial charge in [-0.25, -0.2) is 0 Å². The van der Waals surface area contributed by atoms with Gasteiger partial charge in [0.15, 0.2) is 0 Å². The molecule has 0 aliphatic rings. The highest BCUT2D eigenvalue weighted by Crippen LogP contribution is 2.17. The molecule has 0 radical (unpaired) electrons. The van der Waals surface area contributed by atoms with E-state index in [9.17, 15) is 5.11 Å². The molecule has 0 saturated heterocycles. The van der Waals surface area contributed by atoms with E-state index < -0.39 is 0 Å². The summed E-state index contributed by atoms with van der Waals surface area (Å²) in [5.74, 6) is 1.02. The van der Waals surface area contributed by atoms with Crippen LogP contribution in [-0.4, -0.2) is 5.11 Å². The van der Waals surface area contributed by atoms with E-state index in [0.717, 1.165) is 11.3 Å². The first-order valence-electron chi connectivity index (χ1n) is 5.02. The molecule has 0 bridgehead atoms. The molecular formula is C14H12O2. The highest BCUT2D eigenvalue weighted by Gasteiger charge is 1.93. The highest BCUT2D eigenvalue weighted by molar-refractivity contribution is 5.55. The van der Waals surface area contributed by atoms with Crippen LogP contribution in [0.5, 0.6) is 11.5 Å². The van der Waals surface area contributed by atoms with Crippen molar-refractivity contribution in [2.24, 2.45) is 0 Å². The van der Waals surface area contributed by atoms with Gasteiger partial charge < -0.3 is 9.84 Å². The standard InChI is InChI=1S/C14H12O2/c15-14-9-5-4-6-12(14)10-11-16-13-7-2-1-3-8-13/h1-11,15H. The molecule has 0 heterocycles. The van der Waals surface area contributed by atoms with Crippen LogP contribution in [0.4, 0.5) is 0 Å². The molecular weight excluding hydrogens is 200 g/mol. The number of ether oxygens (including phenoxy) is 1. The summed E-state index contributed by atoms with van der Waals surface area (Å²) < 4.78 is 5.37. The van der Waals surface area contributed by atoms with Crippen LogP contribution in [0.25, 0.3) is 6.08 Å². The number of phenols is 1. The fourth-order valence-electron chi connectivity index (χ4n) is 1.31. The monoisotopic (exact) mass is 212 g/mol. The molecule has 2 aromatic carbocycles. The predicted molar refractivity (Wildman–Crippen MR) is 64.2 cm³/mol. The first-order valence-corrected chi connectivity index (χ1v) is 5.02. The van der Waals surface area contributed by atoms with Crippen molar-refractivity contribution in [2.75, 3.05) is 0 Å². The van der Waals surface area contributed by atoms with Gasteiger partial charge in [0.05, 0.1) is 6.26 Å². The van der Waals surface area contributed by atoms with Gasteiger partial charge in [-0.3, -0.25) is 0 Å². The Labute approximate surface area is 94.4 Å². The van der Waals surface area contributed by atoms with Crippen molar-refractivity contribution in [1.82, 2.24) is 0 Å². The molecule has 80 valence electrons. The Hall–Kier alpha value is -2.22. The van der Waals surface area contributed by atoms with Gasteiger partial charge in [-0.2, -0.15) is 0 Å². The minimum atomic E-state index is 0.246. The summed E-state index contributed by atoms with van der Waals surface area (Å²) >= 11 is 0. The van der Waals surface area contributed by atoms with E-state index in [4.69, 9.17) is 4.74 Å². The average molecular weight is 212 g/mol. The van der Waals surface area contributed by atoms with Gasteiger partial charge in [0, 0.05) is 5.56 Å². The number of hydrogen-bond acceptors (Lipinski definition) is 2. The molecule has 2 aromatic rings. The Kier molecular flexibility index (Phi) is 3.24. The molecule has 1 N–H and O–H groups in total. The number of benzene rings is 2. The zero-order valence-corrected chi connectivity index (χ0v) is 8.71. The topological polar surface area (TPSA) is 29.5 Å². The maximum absolute atomic E-state index is 9.50. The van der Waals surface area contributed by atoms with E-state index in [1.165, 1.54) is 0 Å². The second kappa shape index (κ2) is 5.03. The molecule has 2 nitrogen and oxygen atoms in total. The van der Waals surface area contributed by atoms with Crippen LogP contribution in [0.3, 0.4) is 0 Å². The van der Waals surface area contributed by atoms with E-state index in [1.807, 2.05) is 42.5 Å². The third-order valence-electron chi connectivity index (χ3n) is 2.13. The summed E-state index contributed by atoms with van der Waals surface area (Å²) in [6.07, 6.45) is 3.28. The van der Waals surface area contributed by atoms with Gasteiger partial charge in [-0.05, 0) is 24.3 Å². The van der Waals surface area contributed by atoms with E-state index >= 15 is 0 Å². The van der Waals surface area contributed by atoms with Crippen molar-refractivity contribution < 1.29 is 9.84 Å². The largest absolute Gasteiger partial charge is 0.507 e. The van der Waals surface area contributed by atoms with Gasteiger partial charge in [0.2, 0.25) is 0 Å². The van der Waals surface area contributed by atoms with Gasteiger partial charge in [0.25, 0.3) is 0 Å². The molecule has 0 saturated carbocycles. The van der Waals surface area contributed by atoms with E-state index in [1.54, 1.807) is 24.5 Å². The molecule has 0 fully saturated rings. The quantitative estimate of drug-likeness (QED) is 0.790. The number of para-hydroxylation sites is 2. The van der Waals surface area contributed by atoms with Crippen molar-refractivity contribution in [3.63, 3.8) is 0 Å². The fraction of sp³-hybridized carbons (Fsp3) is 0. The first-order chi connectivity index (χ1) is 7.86. The van der Waals surface area contributed by atoms with E-state index in [-0.39, 0.29) is 5.75 Å². The van der Waals surface area contributed by atoms with Gasteiger partial charge >= 0.3 is 0 Å². The number of rotatable bonds is 3. The maximum atomic E-state index is 9.50. The van der Waals surface area contributed by atoms with Crippen molar-refractivity contribution >= 4 is 6.08 Å². The zero-order valence-electron chi connectivity index (χ0n) is 8.71. The van der Waals surface area contributed by atoms with Gasteiger partial charge in [0.1, 0.15) is 11.5 Å². The second-order valence-corrected chi connectivity index (χ2v) is 3.29. The molecule has 2 heteroatoms. The summed E-state index contributed by atoms with van der Waals surface area (Å²) in [7, 11) is 0. The third-order valence-corrected chi connectivity index (χ3v) is 2.13. The molecule has 0 spiro atoms. The SMILES string of the molecule is Oc1ccccc1C=COc1ccccc1. The maximum Gasteiger partial charge on any atom is 0.126 e. The summed E-state index contributed by atoms with van der Waals surface area (Å²) in [5.41, 5.74) is 0.735. The normalized spacial score (nSPS) is 10.5. The van der Waals surface area contributed by atoms with Crippen molar-refractivity contribution in [2.45, 2.75) is 0 Å². The summed E-state index contributed by atoms with van der Waals surface area (Å²) in [6, 6.07) is 16.6. The Morgan fingerprint density at radius 2 is 1.56 bits per heavy atom. The molecule has 0 amide bonds. The van der Waals surface area contributed by atoms with Crippen LogP contribution in [-0.2, 0) is 0 Å². The van der Waals surface area contributed by atoms with Gasteiger partial charge in [-0.15, -0.1) is 0 Å². The Balaban J connectivity index is 2.03. The number of phenolic OH excluding ortho intramolecular Hbond substituents is 1. The Morgan fingerprint density at radius 3 is 2.31 bits per heavy atom. The number of aromatic hydroxyl groups is 1. The molecule has 0 aliphatic heterocycles. The molecule has 2 rings (SSSR count). The molecule has 16 heavy (non-hydrogen) atoms. The molecule has 0 atom stereocenters. The lowest BCUT2D eigenvalue weighted by atomic mass is 10.2. The zero-order chi connectivity index (χ0) is 11.2. The van der Waals surface area contributed by atoms with Crippen LogP contribution in [0, 0.1) is 0 Å². The second-order valence-electron chi connectivity index (χ2n) is 3.29. The smallest absolute Gasteiger partial charge is 0.126 e. The predicted octanol–water partition coefficient (Wildman–Crippen LogP) is 3.44. The molecule has 0 aromatic heterocycles. The van der Waals surface area contributed by atoms with Crippen molar-refractivity contribution in [3.8, 4) is 11.5 Å². The first kappa shape index (κ1) is 10.3. The van der Waals surface area contributed by atoms with Crippen molar-refractivity contribution in [1.29, 1.82) is 0 Å².